The van der Waals surface area contributed by atoms with E-state index in [1.54, 1.807) is 0 Å². The average molecular weight is 220 g/mol. The molecule has 1 aromatic carbocycles. The molecule has 0 amide bonds. The Balaban J connectivity index is 1.91. The molecule has 3 heteroatoms. The van der Waals surface area contributed by atoms with E-state index in [0.717, 1.165) is 38.5 Å². The fourth-order valence-electron chi connectivity index (χ4n) is 2.03. The first-order chi connectivity index (χ1) is 7.92. The minimum absolute atomic E-state index is 0.804. The summed E-state index contributed by atoms with van der Waals surface area (Å²) in [5.41, 5.74) is 1.24. The highest BCUT2D eigenvalue weighted by Gasteiger charge is 2.16. The standard InChI is InChI=1S/C13H20N2O/c1-2-14-8-5-9-15-10-11-16-13-7-4-3-6-12(13)15/h3-4,6-7,14H,2,5,8-11H2,1H3. The maximum atomic E-state index is 5.62. The van der Waals surface area contributed by atoms with Crippen molar-refractivity contribution < 1.29 is 4.74 Å². The Morgan fingerprint density at radius 2 is 2.25 bits per heavy atom. The lowest BCUT2D eigenvalue weighted by Gasteiger charge is -2.31. The van der Waals surface area contributed by atoms with Gasteiger partial charge in [-0.05, 0) is 31.6 Å². The highest BCUT2D eigenvalue weighted by Crippen LogP contribution is 2.30. The SMILES string of the molecule is CCNCCCN1CCOc2ccccc21. The third-order valence-electron chi connectivity index (χ3n) is 2.86. The first-order valence-electron chi connectivity index (χ1n) is 6.09. The van der Waals surface area contributed by atoms with Gasteiger partial charge in [-0.2, -0.15) is 0 Å². The van der Waals surface area contributed by atoms with E-state index in [1.807, 2.05) is 12.1 Å². The van der Waals surface area contributed by atoms with Crippen LogP contribution >= 0.6 is 0 Å². The van der Waals surface area contributed by atoms with Gasteiger partial charge in [0.1, 0.15) is 12.4 Å². The van der Waals surface area contributed by atoms with Gasteiger partial charge in [0.05, 0.1) is 12.2 Å². The van der Waals surface area contributed by atoms with Crippen molar-refractivity contribution in [1.82, 2.24) is 5.32 Å². The molecule has 2 rings (SSSR count). The van der Waals surface area contributed by atoms with Gasteiger partial charge in [0.2, 0.25) is 0 Å². The second-order valence-corrected chi connectivity index (χ2v) is 4.01. The van der Waals surface area contributed by atoms with Crippen molar-refractivity contribution in [1.29, 1.82) is 0 Å². The largest absolute Gasteiger partial charge is 0.490 e. The van der Waals surface area contributed by atoms with Crippen LogP contribution in [-0.2, 0) is 0 Å². The molecule has 0 aliphatic carbocycles. The summed E-state index contributed by atoms with van der Waals surface area (Å²) in [6, 6.07) is 8.29. The van der Waals surface area contributed by atoms with Crippen LogP contribution in [0, 0.1) is 0 Å². The summed E-state index contributed by atoms with van der Waals surface area (Å²) in [5.74, 6) is 1.03. The van der Waals surface area contributed by atoms with Gasteiger partial charge >= 0.3 is 0 Å². The number of rotatable bonds is 5. The zero-order valence-corrected chi connectivity index (χ0v) is 9.91. The number of hydrogen-bond donors (Lipinski definition) is 1. The Morgan fingerprint density at radius 1 is 1.38 bits per heavy atom. The molecule has 0 atom stereocenters. The van der Waals surface area contributed by atoms with Gasteiger partial charge in [-0.3, -0.25) is 0 Å². The molecule has 1 heterocycles. The molecule has 0 fully saturated rings. The Hall–Kier alpha value is -1.22. The maximum Gasteiger partial charge on any atom is 0.142 e. The minimum atomic E-state index is 0.804. The van der Waals surface area contributed by atoms with Crippen LogP contribution in [0.3, 0.4) is 0 Å². The molecule has 1 N–H and O–H groups in total. The molecular formula is C13H20N2O. The Bertz CT molecular complexity index is 327. The monoisotopic (exact) mass is 220 g/mol. The molecule has 0 bridgehead atoms. The minimum Gasteiger partial charge on any atom is -0.490 e. The van der Waals surface area contributed by atoms with Crippen LogP contribution < -0.4 is 15.0 Å². The van der Waals surface area contributed by atoms with Gasteiger partial charge in [-0.25, -0.2) is 0 Å². The number of para-hydroxylation sites is 2. The number of benzene rings is 1. The number of anilines is 1. The second kappa shape index (κ2) is 5.75. The molecular weight excluding hydrogens is 200 g/mol. The molecule has 1 aromatic rings. The summed E-state index contributed by atoms with van der Waals surface area (Å²) in [6.07, 6.45) is 1.18. The Kier molecular flexibility index (Phi) is 4.05. The first-order valence-corrected chi connectivity index (χ1v) is 6.09. The second-order valence-electron chi connectivity index (χ2n) is 4.01. The number of ether oxygens (including phenoxy) is 1. The van der Waals surface area contributed by atoms with Gasteiger partial charge in [-0.15, -0.1) is 0 Å². The normalized spacial score (nSPS) is 14.4. The summed E-state index contributed by atoms with van der Waals surface area (Å²) in [5, 5.41) is 3.35. The molecule has 1 aliphatic rings. The quantitative estimate of drug-likeness (QED) is 0.767. The third kappa shape index (κ3) is 2.67. The Morgan fingerprint density at radius 3 is 3.12 bits per heavy atom. The highest BCUT2D eigenvalue weighted by molar-refractivity contribution is 5.59. The van der Waals surface area contributed by atoms with Crippen LogP contribution in [0.25, 0.3) is 0 Å². The van der Waals surface area contributed by atoms with Crippen molar-refractivity contribution in [2.45, 2.75) is 13.3 Å². The first kappa shape index (κ1) is 11.3. The van der Waals surface area contributed by atoms with E-state index in [4.69, 9.17) is 4.74 Å². The lowest BCUT2D eigenvalue weighted by Crippen LogP contribution is -2.34. The lowest BCUT2D eigenvalue weighted by molar-refractivity contribution is 0.307. The number of fused-ring (bicyclic) bond motifs is 1. The molecule has 0 spiro atoms. The topological polar surface area (TPSA) is 24.5 Å². The lowest BCUT2D eigenvalue weighted by atomic mass is 10.2. The van der Waals surface area contributed by atoms with Gasteiger partial charge in [0, 0.05) is 6.54 Å². The summed E-state index contributed by atoms with van der Waals surface area (Å²) in [4.78, 5) is 2.41. The van der Waals surface area contributed by atoms with Gasteiger partial charge in [-0.1, -0.05) is 19.1 Å². The van der Waals surface area contributed by atoms with E-state index in [9.17, 15) is 0 Å². The molecule has 0 unspecified atom stereocenters. The predicted octanol–water partition coefficient (Wildman–Crippen LogP) is 1.88. The molecule has 0 aromatic heterocycles. The van der Waals surface area contributed by atoms with Crippen molar-refractivity contribution in [3.05, 3.63) is 24.3 Å². The summed E-state index contributed by atoms with van der Waals surface area (Å²) in [7, 11) is 0. The average Bonchev–Trinajstić information content (AvgIpc) is 2.35. The van der Waals surface area contributed by atoms with Crippen LogP contribution in [0.5, 0.6) is 5.75 Å². The van der Waals surface area contributed by atoms with Crippen molar-refractivity contribution in [2.75, 3.05) is 37.7 Å². The van der Waals surface area contributed by atoms with Gasteiger partial charge in [0.15, 0.2) is 0 Å². The fourth-order valence-corrected chi connectivity index (χ4v) is 2.03. The van der Waals surface area contributed by atoms with E-state index < -0.39 is 0 Å². The van der Waals surface area contributed by atoms with Crippen molar-refractivity contribution >= 4 is 5.69 Å². The molecule has 1 aliphatic heterocycles. The molecule has 0 saturated heterocycles. The molecule has 0 saturated carbocycles. The predicted molar refractivity (Wildman–Crippen MR) is 67.3 cm³/mol. The van der Waals surface area contributed by atoms with Gasteiger partial charge in [0.25, 0.3) is 0 Å². The van der Waals surface area contributed by atoms with E-state index in [1.165, 1.54) is 12.1 Å². The summed E-state index contributed by atoms with van der Waals surface area (Å²) >= 11 is 0. The Labute approximate surface area is 97.4 Å². The number of hydrogen-bond acceptors (Lipinski definition) is 3. The van der Waals surface area contributed by atoms with Crippen molar-refractivity contribution in [3.8, 4) is 5.75 Å². The fraction of sp³-hybridized carbons (Fsp3) is 0.538. The van der Waals surface area contributed by atoms with Crippen LogP contribution in [0.15, 0.2) is 24.3 Å². The highest BCUT2D eigenvalue weighted by atomic mass is 16.5. The van der Waals surface area contributed by atoms with Crippen molar-refractivity contribution in [2.24, 2.45) is 0 Å². The number of nitrogens with zero attached hydrogens (tertiary/aromatic N) is 1. The van der Waals surface area contributed by atoms with Gasteiger partial charge < -0.3 is 15.0 Å². The summed E-state index contributed by atoms with van der Waals surface area (Å²) < 4.78 is 5.62. The smallest absolute Gasteiger partial charge is 0.142 e. The zero-order chi connectivity index (χ0) is 11.2. The van der Waals surface area contributed by atoms with Crippen molar-refractivity contribution in [3.63, 3.8) is 0 Å². The van der Waals surface area contributed by atoms with E-state index in [2.05, 4.69) is 29.3 Å². The summed E-state index contributed by atoms with van der Waals surface area (Å²) in [6.45, 7) is 7.20. The molecule has 0 radical (unpaired) electrons. The zero-order valence-electron chi connectivity index (χ0n) is 9.91. The van der Waals surface area contributed by atoms with Crippen LogP contribution in [-0.4, -0.2) is 32.8 Å². The maximum absolute atomic E-state index is 5.62. The van der Waals surface area contributed by atoms with E-state index in [0.29, 0.717) is 0 Å². The third-order valence-corrected chi connectivity index (χ3v) is 2.86. The molecule has 3 nitrogen and oxygen atoms in total. The van der Waals surface area contributed by atoms with Crippen LogP contribution in [0.4, 0.5) is 5.69 Å². The molecule has 88 valence electrons. The van der Waals surface area contributed by atoms with E-state index in [-0.39, 0.29) is 0 Å². The van der Waals surface area contributed by atoms with E-state index >= 15 is 0 Å². The number of nitrogens with one attached hydrogen (secondary N) is 1. The van der Waals surface area contributed by atoms with Crippen LogP contribution in [0.1, 0.15) is 13.3 Å². The van der Waals surface area contributed by atoms with Crippen LogP contribution in [0.2, 0.25) is 0 Å². The molecule has 16 heavy (non-hydrogen) atoms.